The van der Waals surface area contributed by atoms with Crippen molar-refractivity contribution in [2.45, 2.75) is 76.0 Å². The summed E-state index contributed by atoms with van der Waals surface area (Å²) < 4.78 is 0. The molecule has 0 aromatic heterocycles. The molecule has 138 valence electrons. The van der Waals surface area contributed by atoms with Crippen LogP contribution in [0.15, 0.2) is 42.5 Å². The van der Waals surface area contributed by atoms with Crippen LogP contribution in [-0.2, 0) is 17.1 Å². The summed E-state index contributed by atoms with van der Waals surface area (Å²) >= 11 is 0. The minimum absolute atomic E-state index is 0. The number of hydrogen-bond acceptors (Lipinski definition) is 0. The Balaban J connectivity index is 0.000000300. The van der Waals surface area contributed by atoms with E-state index in [2.05, 4.69) is 21.4 Å². The van der Waals surface area contributed by atoms with Crippen molar-refractivity contribution in [3.63, 3.8) is 0 Å². The normalized spacial score (nSPS) is 19.2. The van der Waals surface area contributed by atoms with Crippen molar-refractivity contribution >= 4 is 14.5 Å². The molecule has 2 aromatic rings. The molecule has 0 heterocycles. The van der Waals surface area contributed by atoms with E-state index in [9.17, 15) is 0 Å². The molecule has 0 amide bonds. The van der Waals surface area contributed by atoms with Gasteiger partial charge in [-0.2, -0.15) is 26.4 Å². The second kappa shape index (κ2) is 10.6. The minimum atomic E-state index is 0. The van der Waals surface area contributed by atoms with Gasteiger partial charge in [-0.1, -0.05) is 57.3 Å². The number of hydrogen-bond donors (Lipinski definition) is 0. The van der Waals surface area contributed by atoms with E-state index in [1.165, 1.54) is 69.5 Å². The molecule has 0 saturated heterocycles. The van der Waals surface area contributed by atoms with Crippen LogP contribution in [0.3, 0.4) is 0 Å². The Bertz CT molecular complexity index is 525. The first-order valence-electron chi connectivity index (χ1n) is 9.58. The second-order valence-corrected chi connectivity index (χ2v) is 7.91. The molecule has 2 saturated carbocycles. The van der Waals surface area contributed by atoms with Crippen LogP contribution in [0.4, 0.5) is 0 Å². The van der Waals surface area contributed by atoms with Crippen LogP contribution in [0.2, 0.25) is 0 Å². The summed E-state index contributed by atoms with van der Waals surface area (Å²) in [7, 11) is 3.00. The van der Waals surface area contributed by atoms with Gasteiger partial charge in [0, 0.05) is 17.1 Å². The van der Waals surface area contributed by atoms with Gasteiger partial charge in [0.15, 0.2) is 0 Å². The van der Waals surface area contributed by atoms with E-state index in [-0.39, 0.29) is 17.1 Å². The molecule has 4 rings (SSSR count). The van der Waals surface area contributed by atoms with Gasteiger partial charge in [-0.15, -0.1) is 5.30 Å². The largest absolute Gasteiger partial charge is 0.748 e. The summed E-state index contributed by atoms with van der Waals surface area (Å²) in [6.45, 7) is 0. The maximum Gasteiger partial charge on any atom is 0 e. The average Bonchev–Trinajstić information content (AvgIpc) is 3.29. The molecular formula is C22H31FeP-6. The smallest absolute Gasteiger partial charge is 0 e. The second-order valence-electron chi connectivity index (χ2n) is 7.29. The fraction of sp³-hybridized carbons (Fsp3) is 0.545. The first-order chi connectivity index (χ1) is 11.4. The van der Waals surface area contributed by atoms with Crippen LogP contribution in [-0.4, -0.2) is 0 Å². The Morgan fingerprint density at radius 2 is 1.21 bits per heavy atom. The predicted molar refractivity (Wildman–Crippen MR) is 105 cm³/mol. The van der Waals surface area contributed by atoms with Crippen LogP contribution >= 0.6 is 9.24 Å². The van der Waals surface area contributed by atoms with E-state index in [4.69, 9.17) is 0 Å². The standard InChI is InChI=1S/C17H26P.C5H5.Fe/c18-16-12-11-15(13-7-3-1-4-8-13)17(16)14-9-5-2-6-10-14;1-2-4-5-3-1;/h11-14H,1-10,18H2;1-5H;/q-1;-5;. The zero-order chi connectivity index (χ0) is 15.9. The third-order valence-electron chi connectivity index (χ3n) is 5.68. The molecule has 2 aromatic carbocycles. The summed E-state index contributed by atoms with van der Waals surface area (Å²) in [5.41, 5.74) is 3.47. The zero-order valence-electron chi connectivity index (χ0n) is 14.7. The van der Waals surface area contributed by atoms with Crippen molar-refractivity contribution < 1.29 is 17.1 Å². The predicted octanol–water partition coefficient (Wildman–Crippen LogP) is 6.40. The maximum atomic E-state index is 3.00. The molecule has 2 fully saturated rings. The van der Waals surface area contributed by atoms with E-state index in [1.54, 1.807) is 11.1 Å². The van der Waals surface area contributed by atoms with Gasteiger partial charge >= 0.3 is 0 Å². The molecule has 1 unspecified atom stereocenters. The van der Waals surface area contributed by atoms with Crippen LogP contribution in [0.1, 0.15) is 87.2 Å². The number of rotatable bonds is 2. The molecule has 0 N–H and O–H groups in total. The van der Waals surface area contributed by atoms with Crippen molar-refractivity contribution in [3.05, 3.63) is 53.6 Å². The maximum absolute atomic E-state index is 3.00. The van der Waals surface area contributed by atoms with E-state index in [1.807, 2.05) is 30.3 Å². The van der Waals surface area contributed by atoms with Gasteiger partial charge in [0.2, 0.25) is 0 Å². The van der Waals surface area contributed by atoms with Crippen LogP contribution < -0.4 is 5.30 Å². The van der Waals surface area contributed by atoms with Gasteiger partial charge in [-0.3, -0.25) is 0 Å². The molecule has 2 heteroatoms. The molecule has 0 spiro atoms. The molecule has 24 heavy (non-hydrogen) atoms. The van der Waals surface area contributed by atoms with E-state index in [0.717, 1.165) is 11.8 Å². The van der Waals surface area contributed by atoms with Crippen molar-refractivity contribution in [2.24, 2.45) is 0 Å². The Morgan fingerprint density at radius 3 is 1.71 bits per heavy atom. The zero-order valence-corrected chi connectivity index (χ0v) is 17.0. The summed E-state index contributed by atoms with van der Waals surface area (Å²) in [6.07, 6.45) is 14.5. The summed E-state index contributed by atoms with van der Waals surface area (Å²) in [5, 5.41) is 1.50. The molecular weight excluding hydrogens is 351 g/mol. The fourth-order valence-electron chi connectivity index (χ4n) is 4.48. The fourth-order valence-corrected chi connectivity index (χ4v) is 4.98. The average molecular weight is 382 g/mol. The molecule has 0 radical (unpaired) electrons. The molecule has 0 aliphatic heterocycles. The van der Waals surface area contributed by atoms with Crippen molar-refractivity contribution in [1.82, 2.24) is 0 Å². The van der Waals surface area contributed by atoms with E-state index < -0.39 is 0 Å². The van der Waals surface area contributed by atoms with Crippen LogP contribution in [0, 0.1) is 0 Å². The topological polar surface area (TPSA) is 0 Å². The third-order valence-corrected chi connectivity index (χ3v) is 6.18. The Labute approximate surface area is 161 Å². The SMILES string of the molecule is P[c-]1ccc(C2CCCCC2)c1C1CCCCC1.[Fe].[cH-]1[cH-][cH-][cH-][cH-]1. The minimum Gasteiger partial charge on any atom is -0.748 e. The van der Waals surface area contributed by atoms with Gasteiger partial charge in [-0.05, 0) is 18.8 Å². The monoisotopic (exact) mass is 382 g/mol. The molecule has 0 nitrogen and oxygen atoms in total. The first-order valence-corrected chi connectivity index (χ1v) is 10.2. The molecule has 1 atom stereocenters. The van der Waals surface area contributed by atoms with Gasteiger partial charge < -0.3 is 30.3 Å². The summed E-state index contributed by atoms with van der Waals surface area (Å²) in [5.74, 6) is 1.75. The van der Waals surface area contributed by atoms with Gasteiger partial charge in [0.1, 0.15) is 0 Å². The summed E-state index contributed by atoms with van der Waals surface area (Å²) in [6, 6.07) is 14.8. The third kappa shape index (κ3) is 5.32. The van der Waals surface area contributed by atoms with Gasteiger partial charge in [0.25, 0.3) is 0 Å². The van der Waals surface area contributed by atoms with Crippen molar-refractivity contribution in [2.75, 3.05) is 0 Å². The van der Waals surface area contributed by atoms with Crippen molar-refractivity contribution in [1.29, 1.82) is 0 Å². The van der Waals surface area contributed by atoms with Crippen LogP contribution in [0.5, 0.6) is 0 Å². The van der Waals surface area contributed by atoms with Gasteiger partial charge in [-0.25, -0.2) is 6.07 Å². The summed E-state index contributed by atoms with van der Waals surface area (Å²) in [4.78, 5) is 0. The molecule has 2 aliphatic rings. The van der Waals surface area contributed by atoms with Crippen molar-refractivity contribution in [3.8, 4) is 0 Å². The van der Waals surface area contributed by atoms with Crippen LogP contribution in [0.25, 0.3) is 0 Å². The molecule has 2 aliphatic carbocycles. The van der Waals surface area contributed by atoms with E-state index >= 15 is 0 Å². The van der Waals surface area contributed by atoms with E-state index in [0.29, 0.717) is 0 Å². The Hall–Kier alpha value is -0.351. The Kier molecular flexibility index (Phi) is 8.82. The Morgan fingerprint density at radius 1 is 0.750 bits per heavy atom. The quantitative estimate of drug-likeness (QED) is 0.320. The van der Waals surface area contributed by atoms with Gasteiger partial charge in [0.05, 0.1) is 0 Å². The molecule has 0 bridgehead atoms. The first kappa shape index (κ1) is 20.0.